The third-order valence-corrected chi connectivity index (χ3v) is 5.76. The molecule has 3 aromatic rings. The van der Waals surface area contributed by atoms with Crippen molar-refractivity contribution in [3.63, 3.8) is 0 Å². The van der Waals surface area contributed by atoms with Crippen LogP contribution in [0, 0.1) is 0 Å². The highest BCUT2D eigenvalue weighted by Crippen LogP contribution is 2.33. The molecule has 148 valence electrons. The van der Waals surface area contributed by atoms with Crippen LogP contribution in [0.2, 0.25) is 10.0 Å². The second-order valence-electron chi connectivity index (χ2n) is 6.17. The summed E-state index contributed by atoms with van der Waals surface area (Å²) in [6.45, 7) is 0.837. The third-order valence-electron chi connectivity index (χ3n) is 4.30. The largest absolute Gasteiger partial charge is 0.336 e. The molecule has 0 radical (unpaired) electrons. The maximum Gasteiger partial charge on any atom is 0.324 e. The number of imide groups is 1. The van der Waals surface area contributed by atoms with Crippen molar-refractivity contribution in [2.75, 3.05) is 18.8 Å². The maximum atomic E-state index is 12.4. The number of urea groups is 1. The molecule has 3 amide bonds. The number of hydrogen-bond donors (Lipinski definition) is 1. The summed E-state index contributed by atoms with van der Waals surface area (Å²) in [6.07, 6.45) is 0. The van der Waals surface area contributed by atoms with Gasteiger partial charge < -0.3 is 5.32 Å². The van der Waals surface area contributed by atoms with E-state index in [9.17, 15) is 9.59 Å². The zero-order valence-corrected chi connectivity index (χ0v) is 17.3. The smallest absolute Gasteiger partial charge is 0.324 e. The molecule has 2 heterocycles. The van der Waals surface area contributed by atoms with Gasteiger partial charge in [0.1, 0.15) is 0 Å². The summed E-state index contributed by atoms with van der Waals surface area (Å²) in [5.74, 6) is 0.317. The molecule has 0 saturated carbocycles. The van der Waals surface area contributed by atoms with Gasteiger partial charge in [0.15, 0.2) is 11.0 Å². The molecule has 0 spiro atoms. The fourth-order valence-electron chi connectivity index (χ4n) is 2.93. The Labute approximate surface area is 181 Å². The summed E-state index contributed by atoms with van der Waals surface area (Å²) in [5, 5.41) is 12.7. The number of hydrogen-bond acceptors (Lipinski definition) is 5. The number of amides is 3. The highest BCUT2D eigenvalue weighted by molar-refractivity contribution is 7.99. The fraction of sp³-hybridized carbons (Fsp3) is 0.158. The van der Waals surface area contributed by atoms with Gasteiger partial charge in [-0.3, -0.25) is 14.3 Å². The Hall–Kier alpha value is -2.55. The molecule has 10 heteroatoms. The van der Waals surface area contributed by atoms with Crippen molar-refractivity contribution < 1.29 is 9.59 Å². The Kier molecular flexibility index (Phi) is 5.75. The minimum Gasteiger partial charge on any atom is -0.336 e. The summed E-state index contributed by atoms with van der Waals surface area (Å²) in [6, 6.07) is 14.3. The summed E-state index contributed by atoms with van der Waals surface area (Å²) < 4.78 is 1.83. The SMILES string of the molecule is O=C(CSc1nnc(-c2ccc(Cl)cc2Cl)n1-c1ccccc1)N1CCNC1=O. The van der Waals surface area contributed by atoms with E-state index in [0.29, 0.717) is 39.7 Å². The zero-order valence-electron chi connectivity index (χ0n) is 15.0. The Bertz CT molecular complexity index is 1070. The topological polar surface area (TPSA) is 80.1 Å². The lowest BCUT2D eigenvalue weighted by Gasteiger charge is -2.13. The number of halogens is 2. The van der Waals surface area contributed by atoms with Gasteiger partial charge in [0.05, 0.1) is 10.8 Å². The molecule has 4 rings (SSSR count). The molecular weight excluding hydrogens is 433 g/mol. The van der Waals surface area contributed by atoms with Crippen LogP contribution in [-0.2, 0) is 4.79 Å². The van der Waals surface area contributed by atoms with Crippen molar-refractivity contribution in [2.45, 2.75) is 5.16 Å². The molecular formula is C19H15Cl2N5O2S. The molecule has 1 saturated heterocycles. The van der Waals surface area contributed by atoms with Crippen molar-refractivity contribution in [1.82, 2.24) is 25.0 Å². The van der Waals surface area contributed by atoms with Crippen molar-refractivity contribution in [1.29, 1.82) is 0 Å². The van der Waals surface area contributed by atoms with Crippen LogP contribution in [0.15, 0.2) is 53.7 Å². The number of carbonyl (C=O) groups is 2. The molecule has 2 aromatic carbocycles. The Morgan fingerprint density at radius 1 is 1.14 bits per heavy atom. The van der Waals surface area contributed by atoms with Crippen molar-refractivity contribution in [3.8, 4) is 17.1 Å². The van der Waals surface area contributed by atoms with E-state index in [1.165, 1.54) is 16.7 Å². The van der Waals surface area contributed by atoms with Crippen molar-refractivity contribution in [3.05, 3.63) is 58.6 Å². The van der Waals surface area contributed by atoms with Gasteiger partial charge in [-0.15, -0.1) is 10.2 Å². The van der Waals surface area contributed by atoms with Gasteiger partial charge in [-0.05, 0) is 30.3 Å². The molecule has 0 bridgehead atoms. The van der Waals surface area contributed by atoms with Gasteiger partial charge in [-0.1, -0.05) is 53.2 Å². The predicted octanol–water partition coefficient (Wildman–Crippen LogP) is 3.89. The highest BCUT2D eigenvalue weighted by atomic mass is 35.5. The van der Waals surface area contributed by atoms with Gasteiger partial charge in [0.25, 0.3) is 0 Å². The van der Waals surface area contributed by atoms with Gasteiger partial charge in [0.2, 0.25) is 5.91 Å². The Morgan fingerprint density at radius 2 is 1.93 bits per heavy atom. The van der Waals surface area contributed by atoms with Gasteiger partial charge in [0, 0.05) is 29.4 Å². The van der Waals surface area contributed by atoms with Crippen LogP contribution in [0.25, 0.3) is 17.1 Å². The first-order valence-electron chi connectivity index (χ1n) is 8.72. The van der Waals surface area contributed by atoms with E-state index >= 15 is 0 Å². The Balaban J connectivity index is 1.68. The van der Waals surface area contributed by atoms with Crippen LogP contribution in [-0.4, -0.2) is 50.4 Å². The normalized spacial score (nSPS) is 13.6. The Morgan fingerprint density at radius 3 is 2.62 bits per heavy atom. The van der Waals surface area contributed by atoms with Crippen LogP contribution in [0.3, 0.4) is 0 Å². The number of para-hydroxylation sites is 1. The highest BCUT2D eigenvalue weighted by Gasteiger charge is 2.27. The van der Waals surface area contributed by atoms with E-state index in [0.717, 1.165) is 5.69 Å². The molecule has 0 atom stereocenters. The quantitative estimate of drug-likeness (QED) is 0.600. The maximum absolute atomic E-state index is 12.4. The van der Waals surface area contributed by atoms with Gasteiger partial charge in [-0.2, -0.15) is 0 Å². The number of nitrogens with zero attached hydrogens (tertiary/aromatic N) is 4. The number of thioether (sulfide) groups is 1. The van der Waals surface area contributed by atoms with E-state index in [1.807, 2.05) is 34.9 Å². The molecule has 0 aliphatic carbocycles. The van der Waals surface area contributed by atoms with Crippen LogP contribution >= 0.6 is 35.0 Å². The summed E-state index contributed by atoms with van der Waals surface area (Å²) in [5.41, 5.74) is 1.50. The minimum absolute atomic E-state index is 0.0622. The summed E-state index contributed by atoms with van der Waals surface area (Å²) in [4.78, 5) is 25.3. The first kappa shape index (κ1) is 19.8. The van der Waals surface area contributed by atoms with Crippen LogP contribution in [0.4, 0.5) is 4.79 Å². The molecule has 1 N–H and O–H groups in total. The number of benzene rings is 2. The zero-order chi connectivity index (χ0) is 20.4. The number of rotatable bonds is 5. The lowest BCUT2D eigenvalue weighted by atomic mass is 10.2. The average Bonchev–Trinajstić information content (AvgIpc) is 3.33. The van der Waals surface area contributed by atoms with E-state index in [2.05, 4.69) is 15.5 Å². The van der Waals surface area contributed by atoms with E-state index < -0.39 is 0 Å². The fourth-order valence-corrected chi connectivity index (χ4v) is 4.25. The molecule has 29 heavy (non-hydrogen) atoms. The van der Waals surface area contributed by atoms with Crippen LogP contribution in [0.1, 0.15) is 0 Å². The van der Waals surface area contributed by atoms with Crippen molar-refractivity contribution in [2.24, 2.45) is 0 Å². The minimum atomic E-state index is -0.367. The summed E-state index contributed by atoms with van der Waals surface area (Å²) in [7, 11) is 0. The predicted molar refractivity (Wildman–Crippen MR) is 113 cm³/mol. The summed E-state index contributed by atoms with van der Waals surface area (Å²) >= 11 is 13.6. The molecule has 1 fully saturated rings. The first-order chi connectivity index (χ1) is 14.0. The molecule has 7 nitrogen and oxygen atoms in total. The molecule has 1 aliphatic rings. The lowest BCUT2D eigenvalue weighted by molar-refractivity contribution is -0.124. The monoisotopic (exact) mass is 447 g/mol. The standard InChI is InChI=1S/C19H15Cl2N5O2S/c20-12-6-7-14(15(21)10-12)17-23-24-19(26(17)13-4-2-1-3-5-13)29-11-16(27)25-9-8-22-18(25)28/h1-7,10H,8-9,11H2,(H,22,28). The second kappa shape index (κ2) is 8.44. The van der Waals surface area contributed by atoms with Crippen LogP contribution < -0.4 is 5.32 Å². The second-order valence-corrected chi connectivity index (χ2v) is 7.95. The average molecular weight is 448 g/mol. The first-order valence-corrected chi connectivity index (χ1v) is 10.5. The molecule has 1 aromatic heterocycles. The van der Waals surface area contributed by atoms with Gasteiger partial charge >= 0.3 is 6.03 Å². The number of aromatic nitrogens is 3. The van der Waals surface area contributed by atoms with E-state index in [4.69, 9.17) is 23.2 Å². The van der Waals surface area contributed by atoms with Crippen molar-refractivity contribution >= 4 is 46.9 Å². The van der Waals surface area contributed by atoms with E-state index in [-0.39, 0.29) is 17.7 Å². The van der Waals surface area contributed by atoms with E-state index in [1.54, 1.807) is 18.2 Å². The van der Waals surface area contributed by atoms with Crippen LogP contribution in [0.5, 0.6) is 0 Å². The lowest BCUT2D eigenvalue weighted by Crippen LogP contribution is -2.35. The molecule has 0 unspecified atom stereocenters. The molecule has 1 aliphatic heterocycles. The third kappa shape index (κ3) is 4.10. The number of nitrogens with one attached hydrogen (secondary N) is 1. The number of carbonyl (C=O) groups excluding carboxylic acids is 2. The van der Waals surface area contributed by atoms with Gasteiger partial charge in [-0.25, -0.2) is 4.79 Å².